The van der Waals surface area contributed by atoms with E-state index in [-0.39, 0.29) is 32.2 Å². The van der Waals surface area contributed by atoms with E-state index < -0.39 is 0 Å². The number of aryl methyl sites for hydroxylation is 1. The Hall–Kier alpha value is 0.450. The summed E-state index contributed by atoms with van der Waals surface area (Å²) in [5.74, 6) is 0. The SMILES string of the molecule is CCCc1ccccc1[PH2]=S.Cl.Cl. The van der Waals surface area contributed by atoms with Gasteiger partial charge in [0, 0.05) is 0 Å². The first-order valence-electron chi connectivity index (χ1n) is 3.91. The quantitative estimate of drug-likeness (QED) is 0.750. The number of hydrogen-bond donors (Lipinski definition) is 0. The van der Waals surface area contributed by atoms with Gasteiger partial charge in [0.25, 0.3) is 0 Å². The Morgan fingerprint density at radius 1 is 1.23 bits per heavy atom. The first-order chi connectivity index (χ1) is 5.38. The van der Waals surface area contributed by atoms with E-state index in [2.05, 4.69) is 31.2 Å². The summed E-state index contributed by atoms with van der Waals surface area (Å²) < 4.78 is 0. The largest absolute Gasteiger partial charge is 0.147 e. The molecule has 0 radical (unpaired) electrons. The third-order valence-corrected chi connectivity index (χ3v) is 3.28. The van der Waals surface area contributed by atoms with Gasteiger partial charge in [-0.1, -0.05) is 49.4 Å². The molecule has 0 aliphatic rings. The topological polar surface area (TPSA) is 0 Å². The third-order valence-electron chi connectivity index (χ3n) is 1.70. The predicted octanol–water partition coefficient (Wildman–Crippen LogP) is 2.98. The van der Waals surface area contributed by atoms with Crippen LogP contribution in [0.3, 0.4) is 0 Å². The van der Waals surface area contributed by atoms with Gasteiger partial charge in [-0.3, -0.25) is 0 Å². The summed E-state index contributed by atoms with van der Waals surface area (Å²) in [6.07, 6.45) is 2.39. The monoisotopic (exact) mass is 256 g/mol. The molecule has 1 aromatic carbocycles. The highest BCUT2D eigenvalue weighted by Crippen LogP contribution is 2.05. The minimum Gasteiger partial charge on any atom is -0.147 e. The number of rotatable bonds is 3. The summed E-state index contributed by atoms with van der Waals surface area (Å²) in [6.45, 7) is 2.20. The zero-order valence-electron chi connectivity index (χ0n) is 7.53. The highest BCUT2D eigenvalue weighted by molar-refractivity contribution is 7.99. The Balaban J connectivity index is 0. The van der Waals surface area contributed by atoms with E-state index in [1.54, 1.807) is 0 Å². The second-order valence-corrected chi connectivity index (χ2v) is 4.13. The molecule has 0 saturated carbocycles. The summed E-state index contributed by atoms with van der Waals surface area (Å²) >= 11 is 5.10. The molecule has 1 atom stereocenters. The zero-order chi connectivity index (χ0) is 8.10. The molecule has 4 heteroatoms. The fourth-order valence-corrected chi connectivity index (χ4v) is 2.42. The second-order valence-electron chi connectivity index (χ2n) is 2.57. The fourth-order valence-electron chi connectivity index (χ4n) is 1.15. The summed E-state index contributed by atoms with van der Waals surface area (Å²) in [6, 6.07) is 8.53. The Morgan fingerprint density at radius 3 is 2.38 bits per heavy atom. The van der Waals surface area contributed by atoms with Crippen molar-refractivity contribution in [1.29, 1.82) is 0 Å². The molecule has 0 aliphatic heterocycles. The van der Waals surface area contributed by atoms with Crippen LogP contribution >= 0.6 is 32.2 Å². The van der Waals surface area contributed by atoms with Gasteiger partial charge >= 0.3 is 0 Å². The summed E-state index contributed by atoms with van der Waals surface area (Å²) in [5.41, 5.74) is 1.46. The van der Waals surface area contributed by atoms with Crippen molar-refractivity contribution in [2.45, 2.75) is 19.8 Å². The van der Waals surface area contributed by atoms with Crippen molar-refractivity contribution in [3.05, 3.63) is 29.8 Å². The molecule has 1 unspecified atom stereocenters. The van der Waals surface area contributed by atoms with E-state index in [1.807, 2.05) is 0 Å². The van der Waals surface area contributed by atoms with Crippen LogP contribution in [0.15, 0.2) is 24.3 Å². The van der Waals surface area contributed by atoms with Crippen LogP contribution in [0.5, 0.6) is 0 Å². The van der Waals surface area contributed by atoms with Gasteiger partial charge in [0.1, 0.15) is 0 Å². The lowest BCUT2D eigenvalue weighted by molar-refractivity contribution is 0.928. The van der Waals surface area contributed by atoms with E-state index >= 15 is 0 Å². The minimum atomic E-state index is 0. The van der Waals surface area contributed by atoms with E-state index in [0.717, 1.165) is 0 Å². The molecule has 0 heterocycles. The molecule has 76 valence electrons. The molecular weight excluding hydrogens is 242 g/mol. The van der Waals surface area contributed by atoms with E-state index in [9.17, 15) is 0 Å². The molecule has 1 aromatic rings. The van der Waals surface area contributed by atoms with Crippen LogP contribution < -0.4 is 5.30 Å². The highest BCUT2D eigenvalue weighted by atomic mass is 35.5. The lowest BCUT2D eigenvalue weighted by Crippen LogP contribution is -2.00. The minimum absolute atomic E-state index is 0. The lowest BCUT2D eigenvalue weighted by atomic mass is 10.1. The average molecular weight is 257 g/mol. The Bertz CT molecular complexity index is 253. The second kappa shape index (κ2) is 9.02. The maximum absolute atomic E-state index is 5.10. The third kappa shape index (κ3) is 5.02. The lowest BCUT2D eigenvalue weighted by Gasteiger charge is -2.01. The summed E-state index contributed by atoms with van der Waals surface area (Å²) in [4.78, 5) is 0. The number of benzene rings is 1. The average Bonchev–Trinajstić information content (AvgIpc) is 2.06. The van der Waals surface area contributed by atoms with Crippen molar-refractivity contribution < 1.29 is 0 Å². The van der Waals surface area contributed by atoms with Crippen molar-refractivity contribution in [1.82, 2.24) is 0 Å². The normalized spacial score (nSPS) is 9.31. The smallest absolute Gasteiger partial charge is 0.0166 e. The highest BCUT2D eigenvalue weighted by Gasteiger charge is 1.94. The van der Waals surface area contributed by atoms with E-state index in [4.69, 9.17) is 11.8 Å². The molecule has 1 rings (SSSR count). The first kappa shape index (κ1) is 15.9. The van der Waals surface area contributed by atoms with Crippen molar-refractivity contribution >= 4 is 49.3 Å². The van der Waals surface area contributed by atoms with Gasteiger partial charge in [-0.15, -0.1) is 24.8 Å². The van der Waals surface area contributed by atoms with Gasteiger partial charge < -0.3 is 0 Å². The van der Waals surface area contributed by atoms with Crippen molar-refractivity contribution in [3.8, 4) is 0 Å². The van der Waals surface area contributed by atoms with Crippen LogP contribution in [0, 0.1) is 0 Å². The number of hydrogen-bond acceptors (Lipinski definition) is 1. The van der Waals surface area contributed by atoms with Gasteiger partial charge in [0.15, 0.2) is 0 Å². The predicted molar refractivity (Wildman–Crippen MR) is 71.6 cm³/mol. The van der Waals surface area contributed by atoms with Crippen molar-refractivity contribution in [2.75, 3.05) is 0 Å². The maximum atomic E-state index is 5.10. The summed E-state index contributed by atoms with van der Waals surface area (Å²) in [5, 5.41) is 1.41. The van der Waals surface area contributed by atoms with Crippen LogP contribution in [0.4, 0.5) is 0 Å². The van der Waals surface area contributed by atoms with Crippen LogP contribution in [-0.4, -0.2) is 0 Å². The molecular formula is C9H15Cl2PS. The molecule has 0 aliphatic carbocycles. The summed E-state index contributed by atoms with van der Waals surface area (Å²) in [7, 11) is 0.0737. The first-order valence-corrected chi connectivity index (χ1v) is 6.38. The number of halogens is 2. The molecule has 0 nitrogen and oxygen atoms in total. The van der Waals surface area contributed by atoms with Gasteiger partial charge in [0.05, 0.1) is 0 Å². The van der Waals surface area contributed by atoms with E-state index in [1.165, 1.54) is 23.7 Å². The van der Waals surface area contributed by atoms with Crippen molar-refractivity contribution in [2.24, 2.45) is 0 Å². The molecule has 0 fully saturated rings. The van der Waals surface area contributed by atoms with Gasteiger partial charge in [-0.2, -0.15) is 0 Å². The molecule has 0 amide bonds. The fraction of sp³-hybridized carbons (Fsp3) is 0.333. The Morgan fingerprint density at radius 2 is 1.85 bits per heavy atom. The van der Waals surface area contributed by atoms with E-state index in [0.29, 0.717) is 0 Å². The molecule has 0 bridgehead atoms. The van der Waals surface area contributed by atoms with Crippen LogP contribution in [0.1, 0.15) is 18.9 Å². The molecule has 0 saturated heterocycles. The molecule has 0 N–H and O–H groups in total. The van der Waals surface area contributed by atoms with Gasteiger partial charge in [-0.05, 0) is 24.6 Å². The van der Waals surface area contributed by atoms with Crippen LogP contribution in [0.25, 0.3) is 0 Å². The Labute approximate surface area is 98.8 Å². The van der Waals surface area contributed by atoms with Crippen LogP contribution in [0.2, 0.25) is 0 Å². The maximum Gasteiger partial charge on any atom is -0.0166 e. The van der Waals surface area contributed by atoms with Gasteiger partial charge in [-0.25, -0.2) is 0 Å². The van der Waals surface area contributed by atoms with Crippen LogP contribution in [-0.2, 0) is 18.2 Å². The molecule has 0 aromatic heterocycles. The standard InChI is InChI=1S/C9H13PS.2ClH/c1-2-5-8-6-3-4-7-9(8)10-11;;/h3-4,6-7H,2,5,10H2,1H3;2*1H. The molecule has 13 heavy (non-hydrogen) atoms. The molecule has 0 spiro atoms. The van der Waals surface area contributed by atoms with Gasteiger partial charge in [0.2, 0.25) is 0 Å². The zero-order valence-corrected chi connectivity index (χ0v) is 11.1. The Kier molecular flexibility index (Phi) is 11.0. The van der Waals surface area contributed by atoms with Crippen molar-refractivity contribution in [3.63, 3.8) is 0 Å².